The second kappa shape index (κ2) is 16.2. The maximum atomic E-state index is 5.76. The largest absolute Gasteiger partial charge is 0.432 e. The molecule has 0 aliphatic heterocycles. The molecule has 0 fully saturated rings. The summed E-state index contributed by atoms with van der Waals surface area (Å²) in [6.45, 7) is 2.28. The molecule has 0 unspecified atom stereocenters. The van der Waals surface area contributed by atoms with Gasteiger partial charge in [0.05, 0.1) is 0 Å². The highest BCUT2D eigenvalue weighted by atomic mass is 32.2. The van der Waals surface area contributed by atoms with Gasteiger partial charge in [0.15, 0.2) is 0 Å². The first-order chi connectivity index (χ1) is 15.2. The van der Waals surface area contributed by atoms with Crippen LogP contribution in [0.25, 0.3) is 0 Å². The van der Waals surface area contributed by atoms with Crippen LogP contribution >= 0.6 is 24.0 Å². The number of hydrogen-bond donors (Lipinski definition) is 0. The summed E-state index contributed by atoms with van der Waals surface area (Å²) >= 11 is 7.48. The molecule has 0 radical (unpaired) electrons. The van der Waals surface area contributed by atoms with Gasteiger partial charge in [-0.1, -0.05) is 95.0 Å². The van der Waals surface area contributed by atoms with Crippen molar-refractivity contribution in [1.82, 2.24) is 0 Å². The number of thioether (sulfide) groups is 1. The predicted molar refractivity (Wildman–Crippen MR) is 143 cm³/mol. The lowest BCUT2D eigenvalue weighted by molar-refractivity contribution is 0.552. The van der Waals surface area contributed by atoms with Crippen molar-refractivity contribution in [2.45, 2.75) is 76.9 Å². The lowest BCUT2D eigenvalue weighted by atomic mass is 10.1. The summed E-state index contributed by atoms with van der Waals surface area (Å²) in [5.41, 5.74) is 2.41. The molecule has 0 bridgehead atoms. The van der Waals surface area contributed by atoms with Gasteiger partial charge in [0.1, 0.15) is 5.75 Å². The quantitative estimate of drug-likeness (QED) is 0.196. The molecule has 0 saturated heterocycles. The van der Waals surface area contributed by atoms with Crippen LogP contribution in [0.3, 0.4) is 0 Å². The third-order valence-corrected chi connectivity index (χ3v) is 6.93. The Morgan fingerprint density at radius 2 is 1.39 bits per heavy atom. The molecular formula is C27H39NOS2. The van der Waals surface area contributed by atoms with Crippen LogP contribution in [0.15, 0.2) is 54.6 Å². The Bertz CT molecular complexity index is 718. The lowest BCUT2D eigenvalue weighted by Crippen LogP contribution is -2.29. The Morgan fingerprint density at radius 3 is 2.00 bits per heavy atom. The van der Waals surface area contributed by atoms with Gasteiger partial charge in [-0.2, -0.15) is 11.8 Å². The molecule has 0 saturated carbocycles. The standard InChI is InChI=1S/C27H39NOS2/c1-3-4-5-6-7-8-9-10-11-15-22-31-23-24-18-20-25(21-19-24)28(2)27(30)29-26-16-13-12-14-17-26/h12-14,16-21H,3-11,15,22-23H2,1-2H3. The van der Waals surface area contributed by atoms with Crippen molar-refractivity contribution in [3.63, 3.8) is 0 Å². The van der Waals surface area contributed by atoms with E-state index in [9.17, 15) is 0 Å². The highest BCUT2D eigenvalue weighted by Gasteiger charge is 2.09. The van der Waals surface area contributed by atoms with E-state index in [-0.39, 0.29) is 0 Å². The van der Waals surface area contributed by atoms with Crippen molar-refractivity contribution >= 4 is 34.8 Å². The minimum Gasteiger partial charge on any atom is -0.432 e. The minimum atomic E-state index is 0.453. The number of anilines is 1. The van der Waals surface area contributed by atoms with E-state index in [1.54, 1.807) is 0 Å². The third kappa shape index (κ3) is 11.1. The zero-order valence-corrected chi connectivity index (χ0v) is 21.0. The van der Waals surface area contributed by atoms with Crippen molar-refractivity contribution < 1.29 is 4.74 Å². The molecule has 170 valence electrons. The van der Waals surface area contributed by atoms with E-state index in [1.807, 2.05) is 54.0 Å². The Kier molecular flexibility index (Phi) is 13.4. The lowest BCUT2D eigenvalue weighted by Gasteiger charge is -2.20. The number of hydrogen-bond acceptors (Lipinski definition) is 3. The van der Waals surface area contributed by atoms with E-state index in [0.29, 0.717) is 5.17 Å². The molecule has 0 heterocycles. The highest BCUT2D eigenvalue weighted by molar-refractivity contribution is 7.98. The molecule has 0 aliphatic carbocycles. The number of ether oxygens (including phenoxy) is 1. The van der Waals surface area contributed by atoms with Gasteiger partial charge in [-0.25, -0.2) is 0 Å². The first-order valence-corrected chi connectivity index (χ1v) is 13.4. The molecule has 0 atom stereocenters. The molecule has 2 aromatic carbocycles. The van der Waals surface area contributed by atoms with Gasteiger partial charge in [0.2, 0.25) is 0 Å². The van der Waals surface area contributed by atoms with E-state index in [0.717, 1.165) is 17.2 Å². The van der Waals surface area contributed by atoms with Gasteiger partial charge >= 0.3 is 0 Å². The summed E-state index contributed by atoms with van der Waals surface area (Å²) in [7, 11) is 1.94. The van der Waals surface area contributed by atoms with Crippen LogP contribution in [-0.4, -0.2) is 18.0 Å². The molecule has 0 aromatic heterocycles. The number of thiocarbonyl (C=S) groups is 1. The van der Waals surface area contributed by atoms with Crippen LogP contribution in [0, 0.1) is 0 Å². The summed E-state index contributed by atoms with van der Waals surface area (Å²) in [4.78, 5) is 1.91. The van der Waals surface area contributed by atoms with E-state index in [1.165, 1.54) is 75.5 Å². The van der Waals surface area contributed by atoms with Crippen LogP contribution in [-0.2, 0) is 5.75 Å². The van der Waals surface area contributed by atoms with Gasteiger partial charge in [-0.3, -0.25) is 0 Å². The second-order valence-corrected chi connectivity index (χ2v) is 9.60. The Balaban J connectivity index is 1.55. The number of benzene rings is 2. The fraction of sp³-hybridized carbons (Fsp3) is 0.519. The molecule has 0 spiro atoms. The van der Waals surface area contributed by atoms with Gasteiger partial charge < -0.3 is 9.64 Å². The smallest absolute Gasteiger partial charge is 0.269 e. The molecule has 2 rings (SSSR count). The Morgan fingerprint density at radius 1 is 0.806 bits per heavy atom. The summed E-state index contributed by atoms with van der Waals surface area (Å²) in [5, 5.41) is 0.453. The Labute approximate surface area is 199 Å². The minimum absolute atomic E-state index is 0.453. The van der Waals surface area contributed by atoms with Crippen molar-refractivity contribution in [3.05, 3.63) is 60.2 Å². The molecule has 0 aliphatic rings. The molecule has 4 heteroatoms. The van der Waals surface area contributed by atoms with E-state index >= 15 is 0 Å². The van der Waals surface area contributed by atoms with E-state index in [4.69, 9.17) is 17.0 Å². The summed E-state index contributed by atoms with van der Waals surface area (Å²) in [6, 6.07) is 18.3. The first-order valence-electron chi connectivity index (χ1n) is 11.9. The van der Waals surface area contributed by atoms with Crippen LogP contribution in [0.1, 0.15) is 76.7 Å². The second-order valence-electron chi connectivity index (χ2n) is 8.14. The van der Waals surface area contributed by atoms with Gasteiger partial charge in [-0.15, -0.1) is 0 Å². The maximum Gasteiger partial charge on any atom is 0.269 e. The molecule has 2 nitrogen and oxygen atoms in total. The number of para-hydroxylation sites is 1. The van der Waals surface area contributed by atoms with Crippen LogP contribution in [0.2, 0.25) is 0 Å². The first kappa shape index (κ1) is 25.7. The van der Waals surface area contributed by atoms with Crippen molar-refractivity contribution in [1.29, 1.82) is 0 Å². The number of nitrogens with zero attached hydrogens (tertiary/aromatic N) is 1. The normalized spacial score (nSPS) is 10.8. The molecule has 0 amide bonds. The van der Waals surface area contributed by atoms with Crippen molar-refractivity contribution in [2.24, 2.45) is 0 Å². The fourth-order valence-corrected chi connectivity index (χ4v) is 4.64. The van der Waals surface area contributed by atoms with E-state index < -0.39 is 0 Å². The fourth-order valence-electron chi connectivity index (χ4n) is 3.46. The zero-order chi connectivity index (χ0) is 22.2. The summed E-state index contributed by atoms with van der Waals surface area (Å²) < 4.78 is 5.76. The van der Waals surface area contributed by atoms with Gasteiger partial charge in [-0.05, 0) is 54.2 Å². The monoisotopic (exact) mass is 457 g/mol. The SMILES string of the molecule is CCCCCCCCCCCCSCc1ccc(N(C)C(=S)Oc2ccccc2)cc1. The average Bonchev–Trinajstić information content (AvgIpc) is 2.80. The predicted octanol–water partition coefficient (Wildman–Crippen LogP) is 8.64. The molecule has 31 heavy (non-hydrogen) atoms. The topological polar surface area (TPSA) is 12.5 Å². The van der Waals surface area contributed by atoms with Gasteiger partial charge in [0, 0.05) is 18.5 Å². The summed E-state index contributed by atoms with van der Waals surface area (Å²) in [5.74, 6) is 3.10. The molecule has 2 aromatic rings. The van der Waals surface area contributed by atoms with Crippen LogP contribution < -0.4 is 9.64 Å². The number of rotatable bonds is 15. The number of unbranched alkanes of at least 4 members (excludes halogenated alkanes) is 9. The van der Waals surface area contributed by atoms with Crippen LogP contribution in [0.5, 0.6) is 5.75 Å². The average molecular weight is 458 g/mol. The van der Waals surface area contributed by atoms with Gasteiger partial charge in [0.25, 0.3) is 5.17 Å². The maximum absolute atomic E-state index is 5.76. The van der Waals surface area contributed by atoms with Crippen LogP contribution in [0.4, 0.5) is 5.69 Å². The Hall–Kier alpha value is -1.52. The molecular weight excluding hydrogens is 418 g/mol. The van der Waals surface area contributed by atoms with E-state index in [2.05, 4.69) is 31.2 Å². The third-order valence-electron chi connectivity index (χ3n) is 5.46. The molecule has 0 N–H and O–H groups in total. The van der Waals surface area contributed by atoms with Crippen molar-refractivity contribution in [3.8, 4) is 5.75 Å². The summed E-state index contributed by atoms with van der Waals surface area (Å²) in [6.07, 6.45) is 14.0. The van der Waals surface area contributed by atoms with Crippen molar-refractivity contribution in [2.75, 3.05) is 17.7 Å². The zero-order valence-electron chi connectivity index (χ0n) is 19.4. The highest BCUT2D eigenvalue weighted by Crippen LogP contribution is 2.20.